The van der Waals surface area contributed by atoms with Gasteiger partial charge in [0.25, 0.3) is 11.6 Å². The van der Waals surface area contributed by atoms with Gasteiger partial charge in [0, 0.05) is 18.3 Å². The van der Waals surface area contributed by atoms with Gasteiger partial charge in [0.15, 0.2) is 6.61 Å². The Labute approximate surface area is 182 Å². The molecule has 0 heterocycles. The highest BCUT2D eigenvalue weighted by atomic mass is 35.5. The Balaban J connectivity index is 1.62. The fourth-order valence-corrected chi connectivity index (χ4v) is 2.89. The van der Waals surface area contributed by atoms with Crippen LogP contribution in [0.1, 0.15) is 11.1 Å². The molecule has 0 aliphatic carbocycles. The minimum absolute atomic E-state index is 0.0000331. The predicted octanol–water partition coefficient (Wildman–Crippen LogP) is 5.46. The van der Waals surface area contributed by atoms with Crippen LogP contribution in [-0.2, 0) is 4.79 Å². The molecule has 3 aromatic rings. The van der Waals surface area contributed by atoms with Crippen molar-refractivity contribution in [2.24, 2.45) is 4.99 Å². The monoisotopic (exact) mass is 441 g/mol. The number of rotatable bonds is 7. The number of anilines is 1. The summed E-state index contributed by atoms with van der Waals surface area (Å²) >= 11 is 6.21. The number of halogens is 2. The van der Waals surface area contributed by atoms with Crippen LogP contribution in [-0.4, -0.2) is 23.7 Å². The number of nitro groups is 1. The van der Waals surface area contributed by atoms with E-state index < -0.39 is 16.6 Å². The smallest absolute Gasteiger partial charge is 0.269 e. The second-order valence-corrected chi connectivity index (χ2v) is 6.90. The lowest BCUT2D eigenvalue weighted by Gasteiger charge is -2.09. The molecule has 1 amide bonds. The van der Waals surface area contributed by atoms with Gasteiger partial charge in [0.2, 0.25) is 0 Å². The van der Waals surface area contributed by atoms with Gasteiger partial charge >= 0.3 is 0 Å². The van der Waals surface area contributed by atoms with Gasteiger partial charge in [-0.25, -0.2) is 4.39 Å². The zero-order valence-electron chi connectivity index (χ0n) is 16.3. The molecule has 0 bridgehead atoms. The van der Waals surface area contributed by atoms with E-state index in [-0.39, 0.29) is 28.8 Å². The first kappa shape index (κ1) is 21.9. The summed E-state index contributed by atoms with van der Waals surface area (Å²) in [5, 5.41) is 13.5. The Bertz CT molecular complexity index is 1170. The van der Waals surface area contributed by atoms with Gasteiger partial charge in [0.05, 0.1) is 21.3 Å². The fourth-order valence-electron chi connectivity index (χ4n) is 2.65. The number of carbonyl (C=O) groups is 1. The number of hydrogen-bond acceptors (Lipinski definition) is 5. The second kappa shape index (κ2) is 9.82. The first-order valence-corrected chi connectivity index (χ1v) is 9.47. The second-order valence-electron chi connectivity index (χ2n) is 6.49. The van der Waals surface area contributed by atoms with Gasteiger partial charge in [-0.3, -0.25) is 19.9 Å². The lowest BCUT2D eigenvalue weighted by Crippen LogP contribution is -2.20. The molecule has 9 heteroatoms. The van der Waals surface area contributed by atoms with E-state index in [9.17, 15) is 19.3 Å². The van der Waals surface area contributed by atoms with Crippen LogP contribution >= 0.6 is 11.6 Å². The third kappa shape index (κ3) is 5.86. The lowest BCUT2D eigenvalue weighted by atomic mass is 10.2. The fraction of sp³-hybridized carbons (Fsp3) is 0.0909. The summed E-state index contributed by atoms with van der Waals surface area (Å²) in [6.45, 7) is 1.39. The average Bonchev–Trinajstić information content (AvgIpc) is 2.73. The molecule has 3 aromatic carbocycles. The lowest BCUT2D eigenvalue weighted by molar-refractivity contribution is -0.384. The van der Waals surface area contributed by atoms with Crippen molar-refractivity contribution >= 4 is 40.8 Å². The molecule has 0 spiro atoms. The van der Waals surface area contributed by atoms with Crippen molar-refractivity contribution < 1.29 is 18.8 Å². The maximum atomic E-state index is 13.6. The van der Waals surface area contributed by atoms with Crippen molar-refractivity contribution in [3.8, 4) is 5.75 Å². The number of amides is 1. The van der Waals surface area contributed by atoms with Crippen LogP contribution in [0.3, 0.4) is 0 Å². The highest BCUT2D eigenvalue weighted by Crippen LogP contribution is 2.27. The first-order valence-electron chi connectivity index (χ1n) is 9.09. The van der Waals surface area contributed by atoms with Crippen molar-refractivity contribution in [2.75, 3.05) is 11.9 Å². The van der Waals surface area contributed by atoms with Crippen molar-refractivity contribution in [1.82, 2.24) is 0 Å². The number of nitrogens with zero attached hydrogens (tertiary/aromatic N) is 2. The van der Waals surface area contributed by atoms with Crippen LogP contribution in [0, 0.1) is 22.9 Å². The van der Waals surface area contributed by atoms with E-state index >= 15 is 0 Å². The van der Waals surface area contributed by atoms with Crippen LogP contribution in [0.2, 0.25) is 5.02 Å². The first-order chi connectivity index (χ1) is 14.8. The minimum Gasteiger partial charge on any atom is -0.482 e. The van der Waals surface area contributed by atoms with Crippen LogP contribution in [0.25, 0.3) is 0 Å². The normalized spacial score (nSPS) is 10.8. The maximum Gasteiger partial charge on any atom is 0.269 e. The van der Waals surface area contributed by atoms with E-state index in [2.05, 4.69) is 10.3 Å². The number of aliphatic imine (C=N–C) groups is 1. The Kier molecular flexibility index (Phi) is 6.94. The van der Waals surface area contributed by atoms with Crippen molar-refractivity contribution in [2.45, 2.75) is 6.92 Å². The SMILES string of the molecule is Cc1cc([N+](=O)[O-])ccc1N=Cc1ccc(OCC(=O)Nc2ccccc2F)c(Cl)c1. The Morgan fingerprint density at radius 3 is 2.68 bits per heavy atom. The molecule has 0 aliphatic heterocycles. The zero-order chi connectivity index (χ0) is 22.4. The number of aryl methyl sites for hydroxylation is 1. The van der Waals surface area contributed by atoms with Gasteiger partial charge in [-0.15, -0.1) is 0 Å². The highest BCUT2D eigenvalue weighted by Gasteiger charge is 2.10. The van der Waals surface area contributed by atoms with Crippen LogP contribution in [0.15, 0.2) is 65.7 Å². The summed E-state index contributed by atoms with van der Waals surface area (Å²) in [6.07, 6.45) is 1.56. The van der Waals surface area contributed by atoms with Crippen LogP contribution in [0.5, 0.6) is 5.75 Å². The minimum atomic E-state index is -0.541. The molecule has 0 atom stereocenters. The molecule has 0 saturated heterocycles. The zero-order valence-corrected chi connectivity index (χ0v) is 17.1. The van der Waals surface area contributed by atoms with E-state index in [1.54, 1.807) is 43.5 Å². The number of benzene rings is 3. The molecule has 0 aliphatic rings. The Hall–Kier alpha value is -3.78. The van der Waals surface area contributed by atoms with E-state index in [1.807, 2.05) is 0 Å². The van der Waals surface area contributed by atoms with Gasteiger partial charge in [-0.05, 0) is 54.4 Å². The largest absolute Gasteiger partial charge is 0.482 e. The summed E-state index contributed by atoms with van der Waals surface area (Å²) in [6, 6.07) is 15.1. The molecular formula is C22H17ClFN3O4. The summed E-state index contributed by atoms with van der Waals surface area (Å²) in [5.74, 6) is -0.782. The Morgan fingerprint density at radius 1 is 1.23 bits per heavy atom. The quantitative estimate of drug-likeness (QED) is 0.299. The van der Waals surface area contributed by atoms with Gasteiger partial charge in [0.1, 0.15) is 11.6 Å². The number of non-ortho nitro benzene ring substituents is 1. The molecule has 31 heavy (non-hydrogen) atoms. The number of nitro benzene ring substituents is 1. The van der Waals surface area contributed by atoms with E-state index in [0.29, 0.717) is 16.8 Å². The molecule has 0 radical (unpaired) electrons. The molecule has 0 saturated carbocycles. The third-order valence-electron chi connectivity index (χ3n) is 4.21. The molecule has 0 fully saturated rings. The maximum absolute atomic E-state index is 13.6. The molecule has 7 nitrogen and oxygen atoms in total. The van der Waals surface area contributed by atoms with Crippen molar-refractivity contribution in [1.29, 1.82) is 0 Å². The number of para-hydroxylation sites is 1. The highest BCUT2D eigenvalue weighted by molar-refractivity contribution is 6.32. The van der Waals surface area contributed by atoms with E-state index in [4.69, 9.17) is 16.3 Å². The number of ether oxygens (including phenoxy) is 1. The molecule has 1 N–H and O–H groups in total. The molecular weight excluding hydrogens is 425 g/mol. The van der Waals surface area contributed by atoms with Gasteiger partial charge < -0.3 is 10.1 Å². The summed E-state index contributed by atoms with van der Waals surface area (Å²) in [7, 11) is 0. The van der Waals surface area contributed by atoms with Crippen molar-refractivity contribution in [3.63, 3.8) is 0 Å². The summed E-state index contributed by atoms with van der Waals surface area (Å²) < 4.78 is 19.0. The topological polar surface area (TPSA) is 93.8 Å². The molecule has 3 rings (SSSR count). The molecule has 0 unspecified atom stereocenters. The number of hydrogen-bond donors (Lipinski definition) is 1. The van der Waals surface area contributed by atoms with Gasteiger partial charge in [-0.2, -0.15) is 0 Å². The Morgan fingerprint density at radius 2 is 2.00 bits per heavy atom. The van der Waals surface area contributed by atoms with E-state index in [0.717, 1.165) is 0 Å². The summed E-state index contributed by atoms with van der Waals surface area (Å²) in [5.41, 5.74) is 1.99. The predicted molar refractivity (Wildman–Crippen MR) is 117 cm³/mol. The average molecular weight is 442 g/mol. The van der Waals surface area contributed by atoms with Gasteiger partial charge in [-0.1, -0.05) is 23.7 Å². The van der Waals surface area contributed by atoms with Crippen LogP contribution in [0.4, 0.5) is 21.5 Å². The number of carbonyl (C=O) groups excluding carboxylic acids is 1. The summed E-state index contributed by atoms with van der Waals surface area (Å²) in [4.78, 5) is 26.6. The number of nitrogens with one attached hydrogen (secondary N) is 1. The molecule has 0 aromatic heterocycles. The van der Waals surface area contributed by atoms with E-state index in [1.165, 1.54) is 30.3 Å². The van der Waals surface area contributed by atoms with Crippen molar-refractivity contribution in [3.05, 3.63) is 92.7 Å². The molecule has 158 valence electrons. The third-order valence-corrected chi connectivity index (χ3v) is 4.50. The van der Waals surface area contributed by atoms with Crippen LogP contribution < -0.4 is 10.1 Å². The standard InChI is InChI=1S/C22H17ClFN3O4/c1-14-10-16(27(29)30)7-8-19(14)25-12-15-6-9-21(17(23)11-15)31-13-22(28)26-20-5-3-2-4-18(20)24/h2-12H,13H2,1H3,(H,26,28).